The third kappa shape index (κ3) is 5.83. The number of carboxylic acids is 1. The molecule has 20 heavy (non-hydrogen) atoms. The van der Waals surface area contributed by atoms with Crippen molar-refractivity contribution in [2.24, 2.45) is 5.92 Å². The van der Waals surface area contributed by atoms with Gasteiger partial charge >= 0.3 is 5.97 Å². The first-order chi connectivity index (χ1) is 9.50. The predicted octanol–water partition coefficient (Wildman–Crippen LogP) is 1.09. The van der Waals surface area contributed by atoms with Crippen LogP contribution in [0.1, 0.15) is 30.1 Å². The summed E-state index contributed by atoms with van der Waals surface area (Å²) >= 11 is 1.45. The topological polar surface area (TPSA) is 95.5 Å². The van der Waals surface area contributed by atoms with Gasteiger partial charge in [-0.2, -0.15) is 11.3 Å². The van der Waals surface area contributed by atoms with Gasteiger partial charge in [0.1, 0.15) is 0 Å². The third-order valence-corrected chi connectivity index (χ3v) is 3.36. The van der Waals surface area contributed by atoms with E-state index in [4.69, 9.17) is 5.11 Å². The lowest BCUT2D eigenvalue weighted by Gasteiger charge is -2.08. The van der Waals surface area contributed by atoms with Crippen LogP contribution in [0.5, 0.6) is 0 Å². The highest BCUT2D eigenvalue weighted by atomic mass is 32.1. The van der Waals surface area contributed by atoms with Crippen LogP contribution in [0.2, 0.25) is 0 Å². The maximum Gasteiger partial charge on any atom is 0.308 e. The molecule has 0 aliphatic rings. The van der Waals surface area contributed by atoms with Crippen molar-refractivity contribution in [3.05, 3.63) is 22.4 Å². The number of hydrogen-bond donors (Lipinski definition) is 3. The molecular formula is C13H18N2O4S. The summed E-state index contributed by atoms with van der Waals surface area (Å²) in [7, 11) is 0. The number of carboxylic acid groups (broad SMARTS) is 1. The number of hydrogen-bond acceptors (Lipinski definition) is 4. The van der Waals surface area contributed by atoms with Gasteiger partial charge in [-0.05, 0) is 17.9 Å². The molecule has 0 spiro atoms. The summed E-state index contributed by atoms with van der Waals surface area (Å²) in [6, 6.07) is 1.74. The van der Waals surface area contributed by atoms with E-state index in [0.717, 1.165) is 0 Å². The average Bonchev–Trinajstić information content (AvgIpc) is 2.94. The molecule has 0 radical (unpaired) electrons. The normalized spacial score (nSPS) is 11.7. The highest BCUT2D eigenvalue weighted by Crippen LogP contribution is 2.05. The van der Waals surface area contributed by atoms with Gasteiger partial charge in [-0.25, -0.2) is 0 Å². The first-order valence-corrected chi connectivity index (χ1v) is 7.25. The average molecular weight is 298 g/mol. The molecule has 0 aliphatic heterocycles. The van der Waals surface area contributed by atoms with E-state index in [-0.39, 0.29) is 24.8 Å². The summed E-state index contributed by atoms with van der Waals surface area (Å²) in [5.41, 5.74) is 0.620. The van der Waals surface area contributed by atoms with E-state index in [1.165, 1.54) is 18.3 Å². The molecule has 0 bridgehead atoms. The second-order valence-electron chi connectivity index (χ2n) is 4.41. The molecule has 0 saturated carbocycles. The lowest BCUT2D eigenvalue weighted by Crippen LogP contribution is -2.32. The van der Waals surface area contributed by atoms with Crippen molar-refractivity contribution < 1.29 is 19.5 Å². The number of carbonyl (C=O) groups excluding carboxylic acids is 2. The molecule has 6 nitrogen and oxygen atoms in total. The molecule has 1 rings (SSSR count). The van der Waals surface area contributed by atoms with Gasteiger partial charge in [0.05, 0.1) is 5.92 Å². The molecule has 0 fully saturated rings. The van der Waals surface area contributed by atoms with Gasteiger partial charge < -0.3 is 15.7 Å². The summed E-state index contributed by atoms with van der Waals surface area (Å²) in [5, 5.41) is 17.5. The maximum absolute atomic E-state index is 11.6. The maximum atomic E-state index is 11.6. The Kier molecular flexibility index (Phi) is 6.72. The van der Waals surface area contributed by atoms with Gasteiger partial charge in [0.25, 0.3) is 5.91 Å². The van der Waals surface area contributed by atoms with Crippen molar-refractivity contribution in [1.29, 1.82) is 0 Å². The van der Waals surface area contributed by atoms with E-state index >= 15 is 0 Å². The highest BCUT2D eigenvalue weighted by molar-refractivity contribution is 7.08. The highest BCUT2D eigenvalue weighted by Gasteiger charge is 2.12. The fourth-order valence-corrected chi connectivity index (χ4v) is 2.03. The molecule has 2 amide bonds. The fraction of sp³-hybridized carbons (Fsp3) is 0.462. The second kappa shape index (κ2) is 8.31. The Morgan fingerprint density at radius 2 is 2.10 bits per heavy atom. The van der Waals surface area contributed by atoms with Gasteiger partial charge in [0.15, 0.2) is 0 Å². The molecule has 0 aromatic carbocycles. The molecule has 1 unspecified atom stereocenters. The number of nitrogens with one attached hydrogen (secondary N) is 2. The third-order valence-electron chi connectivity index (χ3n) is 2.68. The minimum absolute atomic E-state index is 0.120. The molecule has 0 aliphatic carbocycles. The lowest BCUT2D eigenvalue weighted by atomic mass is 10.2. The number of amides is 2. The van der Waals surface area contributed by atoms with E-state index in [0.29, 0.717) is 18.5 Å². The number of carbonyl (C=O) groups is 3. The molecule has 3 N–H and O–H groups in total. The van der Waals surface area contributed by atoms with E-state index in [2.05, 4.69) is 10.6 Å². The van der Waals surface area contributed by atoms with Crippen LogP contribution in [0.25, 0.3) is 0 Å². The Bertz CT molecular complexity index is 459. The van der Waals surface area contributed by atoms with Gasteiger partial charge in [0.2, 0.25) is 5.91 Å². The quantitative estimate of drug-likeness (QED) is 0.626. The summed E-state index contributed by atoms with van der Waals surface area (Å²) in [6.45, 7) is 2.07. The van der Waals surface area contributed by atoms with Crippen molar-refractivity contribution >= 4 is 29.1 Å². The Morgan fingerprint density at radius 3 is 2.70 bits per heavy atom. The lowest BCUT2D eigenvalue weighted by molar-refractivity contribution is -0.141. The monoisotopic (exact) mass is 298 g/mol. The number of thiophene rings is 1. The molecule has 1 heterocycles. The van der Waals surface area contributed by atoms with Crippen LogP contribution in [0.15, 0.2) is 16.8 Å². The Hall–Kier alpha value is -1.89. The largest absolute Gasteiger partial charge is 0.481 e. The summed E-state index contributed by atoms with van der Waals surface area (Å²) in [5.74, 6) is -1.89. The van der Waals surface area contributed by atoms with Crippen molar-refractivity contribution in [1.82, 2.24) is 10.6 Å². The smallest absolute Gasteiger partial charge is 0.308 e. The van der Waals surface area contributed by atoms with Gasteiger partial charge in [0, 0.05) is 30.5 Å². The zero-order chi connectivity index (χ0) is 15.0. The zero-order valence-electron chi connectivity index (χ0n) is 11.2. The van der Waals surface area contributed by atoms with Crippen LogP contribution in [0, 0.1) is 5.92 Å². The molecule has 110 valence electrons. The van der Waals surface area contributed by atoms with Crippen molar-refractivity contribution in [3.8, 4) is 0 Å². The van der Waals surface area contributed by atoms with Crippen molar-refractivity contribution in [3.63, 3.8) is 0 Å². The van der Waals surface area contributed by atoms with Crippen LogP contribution >= 0.6 is 11.3 Å². The molecular weight excluding hydrogens is 280 g/mol. The van der Waals surface area contributed by atoms with E-state index in [1.54, 1.807) is 11.4 Å². The minimum Gasteiger partial charge on any atom is -0.481 e. The standard InChI is InChI=1S/C13H18N2O4S/c1-9(13(18)19)7-15-11(16)3-2-5-14-12(17)10-4-6-20-8-10/h4,6,8-9H,2-3,5,7H2,1H3,(H,14,17)(H,15,16)(H,18,19). The molecule has 7 heteroatoms. The van der Waals surface area contributed by atoms with Crippen LogP contribution in [0.3, 0.4) is 0 Å². The van der Waals surface area contributed by atoms with Gasteiger partial charge in [-0.1, -0.05) is 6.92 Å². The first kappa shape index (κ1) is 16.2. The van der Waals surface area contributed by atoms with E-state index < -0.39 is 11.9 Å². The Morgan fingerprint density at radius 1 is 1.35 bits per heavy atom. The van der Waals surface area contributed by atoms with Crippen molar-refractivity contribution in [2.75, 3.05) is 13.1 Å². The van der Waals surface area contributed by atoms with Crippen molar-refractivity contribution in [2.45, 2.75) is 19.8 Å². The minimum atomic E-state index is -0.937. The number of aliphatic carboxylic acids is 1. The summed E-state index contributed by atoms with van der Waals surface area (Å²) in [4.78, 5) is 33.6. The molecule has 1 aromatic heterocycles. The first-order valence-electron chi connectivity index (χ1n) is 6.30. The summed E-state index contributed by atoms with van der Waals surface area (Å²) in [6.07, 6.45) is 0.777. The zero-order valence-corrected chi connectivity index (χ0v) is 12.0. The Balaban J connectivity index is 2.10. The summed E-state index contributed by atoms with van der Waals surface area (Å²) < 4.78 is 0. The van der Waals surface area contributed by atoms with Gasteiger partial charge in [-0.3, -0.25) is 14.4 Å². The predicted molar refractivity (Wildman–Crippen MR) is 75.7 cm³/mol. The van der Waals surface area contributed by atoms with Crippen LogP contribution in [-0.2, 0) is 9.59 Å². The fourth-order valence-electron chi connectivity index (χ4n) is 1.39. The van der Waals surface area contributed by atoms with Crippen LogP contribution < -0.4 is 10.6 Å². The van der Waals surface area contributed by atoms with E-state index in [9.17, 15) is 14.4 Å². The van der Waals surface area contributed by atoms with Gasteiger partial charge in [-0.15, -0.1) is 0 Å². The van der Waals surface area contributed by atoms with Crippen LogP contribution in [-0.4, -0.2) is 36.0 Å². The van der Waals surface area contributed by atoms with Crippen LogP contribution in [0.4, 0.5) is 0 Å². The molecule has 0 saturated heterocycles. The molecule has 1 atom stereocenters. The SMILES string of the molecule is CC(CNC(=O)CCCNC(=O)c1ccsc1)C(=O)O. The second-order valence-corrected chi connectivity index (χ2v) is 5.19. The number of rotatable bonds is 8. The molecule has 1 aromatic rings. The Labute approximate surface area is 121 Å². The van der Waals surface area contributed by atoms with E-state index in [1.807, 2.05) is 5.38 Å².